The van der Waals surface area contributed by atoms with Crippen LogP contribution in [0.15, 0.2) is 432 Å². The Morgan fingerprint density at radius 3 is 1.13 bits per heavy atom. The first kappa shape index (κ1) is 73.7. The summed E-state index contributed by atoms with van der Waals surface area (Å²) >= 11 is 0. The Labute approximate surface area is 762 Å². The molecule has 0 radical (unpaired) electrons. The summed E-state index contributed by atoms with van der Waals surface area (Å²) in [4.78, 5) is 32.3. The van der Waals surface area contributed by atoms with E-state index in [-0.39, 0.29) is 0 Å². The SMILES string of the molecule is c1ccc2cc3c(cc2c1)c1c2ccccc2ccc1n3-c1ccc(-c2nc(-c3ccc4c(ccc5ccccc54)c3)nc(-c3ccc4c(ccc5ccccc54)c3)n2)c2c1oc1ccccc12.c1ccc2cc3c(cc2c1)c1ccc2ccccc2c1n3-c1ccc(-c2nc(-c3cccc4c3oc3ccccc34)nc(-n3c4ccccc4c4ccccc43)n2)c2c1oc1ccccc12. The van der Waals surface area contributed by atoms with Gasteiger partial charge in [0, 0.05) is 92.3 Å². The molecule has 8 heterocycles. The maximum Gasteiger partial charge on any atom is 0.238 e. The topological polar surface area (TPSA) is 132 Å². The Morgan fingerprint density at radius 1 is 0.172 bits per heavy atom. The Balaban J connectivity index is 0.000000131. The molecule has 0 aliphatic rings. The minimum absolute atomic E-state index is 0.506. The van der Waals surface area contributed by atoms with Gasteiger partial charge in [-0.1, -0.05) is 315 Å². The molecule has 22 aromatic carbocycles. The summed E-state index contributed by atoms with van der Waals surface area (Å²) in [6.45, 7) is 0. The molecule has 0 N–H and O–H groups in total. The fraction of sp³-hybridized carbons (Fsp3) is 0. The molecular weight excluding hydrogens is 1640 g/mol. The van der Waals surface area contributed by atoms with Crippen molar-refractivity contribution in [2.45, 2.75) is 0 Å². The lowest BCUT2D eigenvalue weighted by molar-refractivity contribution is 0.666. The van der Waals surface area contributed by atoms with Crippen molar-refractivity contribution in [2.24, 2.45) is 0 Å². The highest BCUT2D eigenvalue weighted by Gasteiger charge is 2.30. The van der Waals surface area contributed by atoms with Crippen molar-refractivity contribution in [3.8, 4) is 74.3 Å². The highest BCUT2D eigenvalue weighted by Crippen LogP contribution is 2.50. The Hall–Kier alpha value is -18.3. The molecule has 0 amide bonds. The van der Waals surface area contributed by atoms with Crippen LogP contribution in [0.4, 0.5) is 0 Å². The smallest absolute Gasteiger partial charge is 0.238 e. The number of hydrogen-bond donors (Lipinski definition) is 0. The van der Waals surface area contributed by atoms with Gasteiger partial charge in [0.15, 0.2) is 40.3 Å². The number of para-hydroxylation sites is 6. The molecule has 30 rings (SSSR count). The zero-order valence-electron chi connectivity index (χ0n) is 71.6. The van der Waals surface area contributed by atoms with Crippen LogP contribution in [0.1, 0.15) is 0 Å². The van der Waals surface area contributed by atoms with Crippen molar-refractivity contribution < 1.29 is 13.3 Å². The molecule has 134 heavy (non-hydrogen) atoms. The van der Waals surface area contributed by atoms with E-state index >= 15 is 0 Å². The highest BCUT2D eigenvalue weighted by molar-refractivity contribution is 6.27. The van der Waals surface area contributed by atoms with E-state index in [0.717, 1.165) is 160 Å². The zero-order valence-corrected chi connectivity index (χ0v) is 71.6. The highest BCUT2D eigenvalue weighted by atomic mass is 16.3. The lowest BCUT2D eigenvalue weighted by atomic mass is 9.99. The van der Waals surface area contributed by atoms with Crippen LogP contribution in [0.25, 0.3) is 292 Å². The maximum atomic E-state index is 7.08. The molecule has 0 saturated carbocycles. The standard InChI is InChI=1S/C63H36N4O.C59H33N5O2/c1-2-15-41-36-56-53(35-40(41)14-1)58-50-18-8-5-13-39(50)27-31-54(58)67(56)55-32-30-52(59-51-19-9-10-20-57(51)68-60(55)59)63-65-61(44-25-28-48-42(33-44)23-21-37-11-3-6-16-46(37)48)64-62(66-63)45-26-29-49-43(34-45)24-22-38-12-4-7-17-47(38)49;1-2-16-36-33-50-46(32-35(36)15-1)41-29-28-34-14-3-4-17-37(34)54(41)63(50)49-31-30-44(53-43-21-8-12-27-52(43)66-56(49)53)57-60-58(45-23-13-22-42-40-20-7-11-26-51(40)65-55(42)45)62-59(61-57)64-47-24-9-5-18-38(47)39-19-6-10-25-48(39)64/h1-36H;1-33H. The van der Waals surface area contributed by atoms with Gasteiger partial charge < -0.3 is 22.4 Å². The monoisotopic (exact) mass is 1710 g/mol. The van der Waals surface area contributed by atoms with Crippen LogP contribution in [0.3, 0.4) is 0 Å². The second-order valence-electron chi connectivity index (χ2n) is 35.0. The Kier molecular flexibility index (Phi) is 15.8. The number of nitrogens with zero attached hydrogens (tertiary/aromatic N) is 9. The van der Waals surface area contributed by atoms with E-state index < -0.39 is 0 Å². The molecular formula is C122H69N9O3. The quantitative estimate of drug-likeness (QED) is 0.136. The summed E-state index contributed by atoms with van der Waals surface area (Å²) in [6.07, 6.45) is 0. The molecule has 0 aliphatic carbocycles. The first-order valence-corrected chi connectivity index (χ1v) is 45.3. The number of aromatic nitrogens is 9. The summed E-state index contributed by atoms with van der Waals surface area (Å²) in [5.41, 5.74) is 17.3. The van der Waals surface area contributed by atoms with E-state index in [1.807, 2.05) is 42.5 Å². The van der Waals surface area contributed by atoms with E-state index in [4.69, 9.17) is 43.2 Å². The molecule has 12 heteroatoms. The maximum absolute atomic E-state index is 7.08. The summed E-state index contributed by atoms with van der Waals surface area (Å²) in [7, 11) is 0. The average Bonchev–Trinajstić information content (AvgIpc) is 1.55. The average molecular weight is 1710 g/mol. The minimum atomic E-state index is 0.506. The molecule has 0 spiro atoms. The van der Waals surface area contributed by atoms with Crippen LogP contribution < -0.4 is 0 Å². The molecule has 0 aliphatic heterocycles. The van der Waals surface area contributed by atoms with Gasteiger partial charge in [0.2, 0.25) is 5.95 Å². The van der Waals surface area contributed by atoms with Gasteiger partial charge in [-0.25, -0.2) is 19.9 Å². The molecule has 0 bridgehead atoms. The fourth-order valence-electron chi connectivity index (χ4n) is 21.6. The van der Waals surface area contributed by atoms with E-state index in [1.165, 1.54) is 97.0 Å². The second kappa shape index (κ2) is 28.6. The van der Waals surface area contributed by atoms with Crippen LogP contribution >= 0.6 is 0 Å². The summed E-state index contributed by atoms with van der Waals surface area (Å²) < 4.78 is 27.7. The molecule has 0 fully saturated rings. The van der Waals surface area contributed by atoms with Gasteiger partial charge in [0.1, 0.15) is 22.3 Å². The van der Waals surface area contributed by atoms with E-state index in [9.17, 15) is 0 Å². The van der Waals surface area contributed by atoms with Crippen LogP contribution in [-0.4, -0.2) is 43.6 Å². The predicted octanol–water partition coefficient (Wildman–Crippen LogP) is 32.3. The van der Waals surface area contributed by atoms with E-state index in [0.29, 0.717) is 35.1 Å². The number of furan rings is 3. The van der Waals surface area contributed by atoms with Gasteiger partial charge in [-0.3, -0.25) is 4.57 Å². The van der Waals surface area contributed by atoms with Gasteiger partial charge in [-0.05, 0) is 184 Å². The lowest BCUT2D eigenvalue weighted by Crippen LogP contribution is -2.07. The Bertz CT molecular complexity index is 10200. The third-order valence-electron chi connectivity index (χ3n) is 27.7. The van der Waals surface area contributed by atoms with E-state index in [1.54, 1.807) is 0 Å². The third kappa shape index (κ3) is 11.1. The van der Waals surface area contributed by atoms with Crippen molar-refractivity contribution >= 4 is 217 Å². The van der Waals surface area contributed by atoms with Crippen molar-refractivity contribution in [1.82, 2.24) is 43.6 Å². The van der Waals surface area contributed by atoms with Gasteiger partial charge >= 0.3 is 0 Å². The van der Waals surface area contributed by atoms with Gasteiger partial charge in [0.05, 0.1) is 50.0 Å². The molecule has 8 aromatic heterocycles. The lowest BCUT2D eigenvalue weighted by Gasteiger charge is -2.14. The first-order chi connectivity index (χ1) is 66.4. The molecule has 0 atom stereocenters. The number of hydrogen-bond acceptors (Lipinski definition) is 9. The van der Waals surface area contributed by atoms with Crippen LogP contribution in [-0.2, 0) is 0 Å². The molecule has 30 aromatic rings. The molecule has 0 saturated heterocycles. The molecule has 620 valence electrons. The van der Waals surface area contributed by atoms with Crippen molar-refractivity contribution in [1.29, 1.82) is 0 Å². The number of benzene rings is 22. The van der Waals surface area contributed by atoms with Crippen LogP contribution in [0.2, 0.25) is 0 Å². The number of fused-ring (bicyclic) bond motifs is 30. The summed E-state index contributed by atoms with van der Waals surface area (Å²) in [6, 6.07) is 148. The summed E-state index contributed by atoms with van der Waals surface area (Å²) in [5.74, 6) is 3.31. The predicted molar refractivity (Wildman–Crippen MR) is 552 cm³/mol. The zero-order chi connectivity index (χ0) is 87.5. The molecule has 0 unspecified atom stereocenters. The van der Waals surface area contributed by atoms with Gasteiger partial charge in [-0.2, -0.15) is 9.97 Å². The van der Waals surface area contributed by atoms with Gasteiger partial charge in [0.25, 0.3) is 0 Å². The van der Waals surface area contributed by atoms with Crippen LogP contribution in [0.5, 0.6) is 0 Å². The summed E-state index contributed by atoms with van der Waals surface area (Å²) in [5, 5.41) is 31.9. The molecule has 12 nitrogen and oxygen atoms in total. The van der Waals surface area contributed by atoms with Crippen molar-refractivity contribution in [3.63, 3.8) is 0 Å². The third-order valence-corrected chi connectivity index (χ3v) is 27.7. The van der Waals surface area contributed by atoms with E-state index in [2.05, 4.69) is 390 Å². The van der Waals surface area contributed by atoms with Crippen molar-refractivity contribution in [2.75, 3.05) is 0 Å². The minimum Gasteiger partial charge on any atom is -0.455 e. The number of rotatable bonds is 8. The normalized spacial score (nSPS) is 12.2. The van der Waals surface area contributed by atoms with Gasteiger partial charge in [-0.15, -0.1) is 0 Å². The first-order valence-electron chi connectivity index (χ1n) is 45.3. The second-order valence-corrected chi connectivity index (χ2v) is 35.0. The van der Waals surface area contributed by atoms with Crippen molar-refractivity contribution in [3.05, 3.63) is 419 Å². The fourth-order valence-corrected chi connectivity index (χ4v) is 21.6. The Morgan fingerprint density at radius 2 is 0.552 bits per heavy atom. The largest absolute Gasteiger partial charge is 0.455 e. The van der Waals surface area contributed by atoms with Crippen LogP contribution in [0, 0.1) is 0 Å².